The van der Waals surface area contributed by atoms with Crippen LogP contribution in [0.3, 0.4) is 0 Å². The number of hydrogen-bond acceptors (Lipinski definition) is 7. The highest BCUT2D eigenvalue weighted by molar-refractivity contribution is 14.1. The van der Waals surface area contributed by atoms with Crippen molar-refractivity contribution >= 4 is 58.5 Å². The van der Waals surface area contributed by atoms with Crippen molar-refractivity contribution < 1.29 is 44.0 Å². The summed E-state index contributed by atoms with van der Waals surface area (Å²) in [6.45, 7) is 0.520. The molecule has 36 heavy (non-hydrogen) atoms. The Morgan fingerprint density at radius 2 is 1.72 bits per heavy atom. The van der Waals surface area contributed by atoms with Gasteiger partial charge in [-0.1, -0.05) is 6.07 Å². The van der Waals surface area contributed by atoms with Gasteiger partial charge in [0.05, 0.1) is 6.54 Å². The summed E-state index contributed by atoms with van der Waals surface area (Å²) in [5.41, 5.74) is 11.9. The molecule has 1 aromatic carbocycles. The topological polar surface area (TPSA) is 244 Å². The molecule has 2 atom stereocenters. The molecule has 0 bridgehead atoms. The van der Waals surface area contributed by atoms with Crippen molar-refractivity contribution in [2.45, 2.75) is 50.8 Å². The smallest absolute Gasteiger partial charge is 0.408 e. The lowest BCUT2D eigenvalue weighted by atomic mass is 10.1. The van der Waals surface area contributed by atoms with E-state index in [1.807, 2.05) is 5.32 Å². The van der Waals surface area contributed by atoms with Crippen molar-refractivity contribution in [3.63, 3.8) is 0 Å². The Morgan fingerprint density at radius 3 is 2.28 bits per heavy atom. The first kappa shape index (κ1) is 30.4. The monoisotopic (exact) mass is 621 g/mol. The van der Waals surface area contributed by atoms with Crippen LogP contribution in [0.5, 0.6) is 0 Å². The molecule has 0 fully saturated rings. The van der Waals surface area contributed by atoms with Crippen molar-refractivity contribution in [1.82, 2.24) is 10.6 Å². The second-order valence-electron chi connectivity index (χ2n) is 7.50. The summed E-state index contributed by atoms with van der Waals surface area (Å²) in [7, 11) is 0. The zero-order valence-corrected chi connectivity index (χ0v) is 21.3. The Labute approximate surface area is 219 Å². The number of carbonyl (C=O) groups is 5. The Balaban J connectivity index is 2.48. The van der Waals surface area contributed by atoms with E-state index in [0.29, 0.717) is 12.0 Å². The molecule has 15 heteroatoms. The number of carbonyl (C=O) groups excluding carboxylic acids is 2. The Hall–Kier alpha value is -3.63. The highest BCUT2D eigenvalue weighted by Crippen LogP contribution is 2.16. The molecule has 0 aliphatic heterocycles. The van der Waals surface area contributed by atoms with Crippen molar-refractivity contribution in [2.24, 2.45) is 16.5 Å². The number of aliphatic carboxylic acids is 3. The van der Waals surface area contributed by atoms with Gasteiger partial charge in [-0.3, -0.25) is 9.59 Å². The van der Waals surface area contributed by atoms with Crippen molar-refractivity contribution in [2.75, 3.05) is 6.54 Å². The number of rotatable bonds is 15. The minimum absolute atomic E-state index is 0.0380. The molecule has 0 saturated carbocycles. The molecule has 0 aliphatic rings. The minimum Gasteiger partial charge on any atom is -0.481 e. The van der Waals surface area contributed by atoms with Crippen LogP contribution in [-0.4, -0.2) is 69.9 Å². The molecule has 0 heterocycles. The lowest BCUT2D eigenvalue weighted by molar-refractivity contribution is -0.147. The average Bonchev–Trinajstić information content (AvgIpc) is 2.79. The van der Waals surface area contributed by atoms with Crippen molar-refractivity contribution in [1.29, 1.82) is 0 Å². The predicted molar refractivity (Wildman–Crippen MR) is 134 cm³/mol. The zero-order valence-electron chi connectivity index (χ0n) is 19.1. The van der Waals surface area contributed by atoms with Gasteiger partial charge in [-0.15, -0.1) is 0 Å². The number of ether oxygens (including phenoxy) is 1. The Bertz CT molecular complexity index is 998. The first-order valence-electron chi connectivity index (χ1n) is 10.7. The van der Waals surface area contributed by atoms with E-state index in [1.54, 1.807) is 18.2 Å². The highest BCUT2D eigenvalue weighted by Gasteiger charge is 2.26. The van der Waals surface area contributed by atoms with E-state index in [0.717, 1.165) is 9.13 Å². The molecule has 1 rings (SSSR count). The molecule has 0 aromatic heterocycles. The van der Waals surface area contributed by atoms with Gasteiger partial charge in [-0.25, -0.2) is 19.4 Å². The molecular weight excluding hydrogens is 593 g/mol. The molecule has 2 amide bonds. The van der Waals surface area contributed by atoms with Gasteiger partial charge in [0.15, 0.2) is 5.96 Å². The second-order valence-corrected chi connectivity index (χ2v) is 8.66. The van der Waals surface area contributed by atoms with Crippen LogP contribution in [0.4, 0.5) is 4.79 Å². The van der Waals surface area contributed by atoms with E-state index in [4.69, 9.17) is 26.4 Å². The third-order valence-electron chi connectivity index (χ3n) is 4.69. The number of hydrogen-bond donors (Lipinski definition) is 7. The van der Waals surface area contributed by atoms with Crippen LogP contribution in [-0.2, 0) is 25.7 Å². The van der Waals surface area contributed by atoms with Crippen LogP contribution in [0.2, 0.25) is 0 Å². The van der Waals surface area contributed by atoms with Gasteiger partial charge in [0.25, 0.3) is 5.91 Å². The van der Waals surface area contributed by atoms with Crippen LogP contribution in [0.25, 0.3) is 0 Å². The number of benzene rings is 1. The van der Waals surface area contributed by atoms with Crippen molar-refractivity contribution in [3.05, 3.63) is 32.9 Å². The number of carboxylic acid groups (broad SMARTS) is 3. The number of guanidine groups is 1. The summed E-state index contributed by atoms with van der Waals surface area (Å²) in [5, 5.41) is 31.6. The molecule has 1 aromatic rings. The van der Waals surface area contributed by atoms with Crippen LogP contribution in [0, 0.1) is 3.57 Å². The predicted octanol–water partition coefficient (Wildman–Crippen LogP) is 0.462. The lowest BCUT2D eigenvalue weighted by Gasteiger charge is -2.17. The van der Waals surface area contributed by atoms with Gasteiger partial charge < -0.3 is 42.2 Å². The third-order valence-corrected chi connectivity index (χ3v) is 5.69. The molecule has 0 spiro atoms. The third kappa shape index (κ3) is 11.7. The SMILES string of the molecule is NC(N)=NCc1ccc(C(=O)NCCCC[C@H](OC(=O)N[C@@H](CCC(=O)O)C(=O)O)C(=O)O)cc1I. The number of carboxylic acids is 3. The molecule has 9 N–H and O–H groups in total. The number of amides is 2. The lowest BCUT2D eigenvalue weighted by Crippen LogP contribution is -2.43. The molecular formula is C21H28IN5O9. The quantitative estimate of drug-likeness (QED) is 0.0614. The van der Waals surface area contributed by atoms with E-state index in [-0.39, 0.29) is 37.8 Å². The molecule has 0 radical (unpaired) electrons. The fourth-order valence-corrected chi connectivity index (χ4v) is 3.50. The summed E-state index contributed by atoms with van der Waals surface area (Å²) >= 11 is 2.07. The summed E-state index contributed by atoms with van der Waals surface area (Å²) in [5.74, 6) is -4.52. The first-order chi connectivity index (χ1) is 16.9. The van der Waals surface area contributed by atoms with Crippen molar-refractivity contribution in [3.8, 4) is 0 Å². The molecule has 0 unspecified atom stereocenters. The molecule has 0 saturated heterocycles. The van der Waals surface area contributed by atoms with Gasteiger partial charge in [-0.2, -0.15) is 0 Å². The fraction of sp³-hybridized carbons (Fsp3) is 0.429. The standard InChI is InChI=1S/C21H28IN5O9/c22-13-9-11(4-5-12(13)10-26-20(23)24)17(30)25-8-2-1-3-15(19(33)34)36-21(35)27-14(18(31)32)6-7-16(28)29/h4-5,9,14-15H,1-3,6-8,10H2,(H,25,30)(H,27,35)(H,28,29)(H,31,32)(H,33,34)(H4,23,24,26)/t14-,15-/m0/s1. The molecule has 0 aliphatic carbocycles. The van der Waals surface area contributed by atoms with E-state index < -0.39 is 49.0 Å². The molecule has 14 nitrogen and oxygen atoms in total. The second kappa shape index (κ2) is 15.4. The number of nitrogens with one attached hydrogen (secondary N) is 2. The van der Waals surface area contributed by atoms with E-state index in [1.165, 1.54) is 0 Å². The summed E-state index contributed by atoms with van der Waals surface area (Å²) < 4.78 is 5.59. The number of unbranched alkanes of at least 4 members (excludes halogenated alkanes) is 1. The summed E-state index contributed by atoms with van der Waals surface area (Å²) in [6.07, 6.45) is -3.15. The number of alkyl carbamates (subject to hydrolysis) is 1. The van der Waals surface area contributed by atoms with Crippen LogP contribution >= 0.6 is 22.6 Å². The highest BCUT2D eigenvalue weighted by atomic mass is 127. The maximum Gasteiger partial charge on any atom is 0.408 e. The van der Waals surface area contributed by atoms with Gasteiger partial charge in [0, 0.05) is 22.1 Å². The van der Waals surface area contributed by atoms with Crippen LogP contribution < -0.4 is 22.1 Å². The van der Waals surface area contributed by atoms with Gasteiger partial charge in [0.1, 0.15) is 6.04 Å². The maximum absolute atomic E-state index is 12.3. The summed E-state index contributed by atoms with van der Waals surface area (Å²) in [4.78, 5) is 61.3. The number of halogens is 1. The van der Waals surface area contributed by atoms with Crippen LogP contribution in [0.15, 0.2) is 23.2 Å². The number of nitrogens with two attached hydrogens (primary N) is 2. The minimum atomic E-state index is -1.55. The van der Waals surface area contributed by atoms with E-state index >= 15 is 0 Å². The Kier molecular flexibility index (Phi) is 13.0. The summed E-state index contributed by atoms with van der Waals surface area (Å²) in [6, 6.07) is 3.51. The van der Waals surface area contributed by atoms with Crippen LogP contribution in [0.1, 0.15) is 48.0 Å². The largest absolute Gasteiger partial charge is 0.481 e. The maximum atomic E-state index is 12.3. The zero-order chi connectivity index (χ0) is 27.3. The van der Waals surface area contributed by atoms with Gasteiger partial charge in [0.2, 0.25) is 6.10 Å². The van der Waals surface area contributed by atoms with E-state index in [2.05, 4.69) is 32.9 Å². The first-order valence-corrected chi connectivity index (χ1v) is 11.7. The van der Waals surface area contributed by atoms with Gasteiger partial charge >= 0.3 is 24.0 Å². The normalized spacial score (nSPS) is 12.0. The van der Waals surface area contributed by atoms with Gasteiger partial charge in [-0.05, 0) is 66.0 Å². The average molecular weight is 621 g/mol. The Morgan fingerprint density at radius 1 is 1.03 bits per heavy atom. The number of aliphatic imine (C=N–C) groups is 1. The van der Waals surface area contributed by atoms with E-state index in [9.17, 15) is 29.1 Å². The fourth-order valence-electron chi connectivity index (χ4n) is 2.82. The number of nitrogens with zero attached hydrogens (tertiary/aromatic N) is 1. The molecule has 198 valence electrons.